The van der Waals surface area contributed by atoms with Gasteiger partial charge in [0, 0.05) is 6.54 Å². The molecule has 0 bridgehead atoms. The molecule has 0 spiro atoms. The Bertz CT molecular complexity index is 326. The number of aliphatic hydroxyl groups is 5. The van der Waals surface area contributed by atoms with Crippen molar-refractivity contribution in [3.8, 4) is 0 Å². The molecule has 0 saturated carbocycles. The van der Waals surface area contributed by atoms with Crippen molar-refractivity contribution in [3.63, 3.8) is 0 Å². The molecular weight excluding hydrogens is 344 g/mol. The van der Waals surface area contributed by atoms with Crippen molar-refractivity contribution < 1.29 is 94.5 Å². The van der Waals surface area contributed by atoms with Crippen LogP contribution in [0.25, 0.3) is 0 Å². The normalized spacial score (nSPS) is 15.7. The zero-order valence-corrected chi connectivity index (χ0v) is 17.4. The molecule has 0 aliphatic heterocycles. The van der Waals surface area contributed by atoms with E-state index in [9.17, 15) is 25.2 Å². The van der Waals surface area contributed by atoms with Gasteiger partial charge in [0.2, 0.25) is 0 Å². The Labute approximate surface area is 177 Å². The summed E-state index contributed by atoms with van der Waals surface area (Å²) in [7, 11) is 0. The fourth-order valence-corrected chi connectivity index (χ4v) is 1.53. The number of carbonyl (C=O) groups is 1. The van der Waals surface area contributed by atoms with Gasteiger partial charge in [-0.3, -0.25) is 0 Å². The van der Waals surface area contributed by atoms with Crippen LogP contribution in [-0.2, 0) is 17.4 Å². The summed E-state index contributed by atoms with van der Waals surface area (Å²) >= 11 is 9.17. The maximum absolute atomic E-state index is 10.4. The Morgan fingerprint density at radius 3 is 1.90 bits per heavy atom. The predicted octanol–water partition coefficient (Wildman–Crippen LogP) is -10.7. The van der Waals surface area contributed by atoms with E-state index in [-0.39, 0.29) is 63.4 Å². The van der Waals surface area contributed by atoms with Crippen LogP contribution in [0.4, 0.5) is 0 Å². The van der Waals surface area contributed by atoms with Crippen molar-refractivity contribution in [2.45, 2.75) is 24.4 Å². The second-order valence-electron chi connectivity index (χ2n) is 3.82. The molecule has 0 aromatic carbocycles. The summed E-state index contributed by atoms with van der Waals surface area (Å²) in [6.07, 6.45) is -6.88. The zero-order chi connectivity index (χ0) is 15.2. The molecule has 0 aromatic heterocycles. The van der Waals surface area contributed by atoms with Gasteiger partial charge in [-0.15, -0.1) is 0 Å². The predicted molar refractivity (Wildman–Crippen MR) is 67.7 cm³/mol. The topological polar surface area (TPSA) is 145 Å². The minimum absolute atomic E-state index is 0. The molecule has 0 amide bonds. The summed E-state index contributed by atoms with van der Waals surface area (Å²) in [4.78, 5) is 11.3. The van der Waals surface area contributed by atoms with E-state index in [1.165, 1.54) is 0 Å². The molecule has 0 radical (unpaired) electrons. The first kappa shape index (κ1) is 27.2. The molecule has 112 valence electrons. The quantitative estimate of drug-likeness (QED) is 0.161. The minimum atomic E-state index is -1.81. The molecule has 0 fully saturated rings. The fourth-order valence-electron chi connectivity index (χ4n) is 1.26. The molecule has 12 heteroatoms. The molecule has 4 unspecified atom stereocenters. The maximum Gasteiger partial charge on any atom is 1.00 e. The second kappa shape index (κ2) is 13.8. The zero-order valence-electron chi connectivity index (χ0n) is 11.7. The van der Waals surface area contributed by atoms with Gasteiger partial charge in [0.05, 0.1) is 25.2 Å². The van der Waals surface area contributed by atoms with Crippen LogP contribution in [-0.4, -0.2) is 84.8 Å². The molecule has 0 rings (SSSR count). The van der Waals surface area contributed by atoms with Gasteiger partial charge in [0.15, 0.2) is 0 Å². The number of hydrogen-bond donors (Lipinski definition) is 5. The van der Waals surface area contributed by atoms with Gasteiger partial charge in [-0.1, -0.05) is 4.32 Å². The summed E-state index contributed by atoms with van der Waals surface area (Å²) in [5.41, 5.74) is 0. The van der Waals surface area contributed by atoms with Crippen LogP contribution in [0.3, 0.4) is 0 Å². The van der Waals surface area contributed by atoms with E-state index in [0.717, 1.165) is 4.90 Å². The van der Waals surface area contributed by atoms with Gasteiger partial charge in [-0.2, -0.15) is 0 Å². The van der Waals surface area contributed by atoms with Crippen molar-refractivity contribution in [1.29, 1.82) is 0 Å². The van der Waals surface area contributed by atoms with Crippen LogP contribution in [0.5, 0.6) is 0 Å². The minimum Gasteiger partial charge on any atom is -0.548 e. The van der Waals surface area contributed by atoms with Gasteiger partial charge >= 0.3 is 59.1 Å². The number of aliphatic carboxylic acids is 1. The van der Waals surface area contributed by atoms with Crippen molar-refractivity contribution in [2.24, 2.45) is 0 Å². The average Bonchev–Trinajstić information content (AvgIpc) is 2.34. The van der Waals surface area contributed by atoms with E-state index in [4.69, 9.17) is 10.2 Å². The van der Waals surface area contributed by atoms with Gasteiger partial charge in [-0.25, -0.2) is 0 Å². The molecule has 0 aromatic rings. The number of nitrogens with zero attached hydrogens (tertiary/aromatic N) is 1. The van der Waals surface area contributed by atoms with E-state index in [0.29, 0.717) is 0 Å². The van der Waals surface area contributed by atoms with Crippen molar-refractivity contribution in [2.75, 3.05) is 19.7 Å². The SMILES string of the molecule is O=C([O-])CN(CC(O)C(O)C(O)C(O)CO)C(=S)[S-].[Na+].[Na+]. The third-order valence-electron chi connectivity index (χ3n) is 2.31. The van der Waals surface area contributed by atoms with E-state index in [1.807, 2.05) is 0 Å². The van der Waals surface area contributed by atoms with Crippen LogP contribution in [0.15, 0.2) is 0 Å². The monoisotopic (exact) mass is 359 g/mol. The Morgan fingerprint density at radius 1 is 1.14 bits per heavy atom. The molecular formula is C9H15NNa2O7S2. The largest absolute Gasteiger partial charge is 1.00 e. The molecule has 5 N–H and O–H groups in total. The Hall–Kier alpha value is 1.38. The van der Waals surface area contributed by atoms with E-state index in [1.54, 1.807) is 0 Å². The summed E-state index contributed by atoms with van der Waals surface area (Å²) < 4.78 is -0.257. The van der Waals surface area contributed by atoms with E-state index in [2.05, 4.69) is 24.8 Å². The first-order chi connectivity index (χ1) is 8.70. The number of thiocarbonyl (C=S) groups is 1. The average molecular weight is 359 g/mol. The first-order valence-electron chi connectivity index (χ1n) is 5.19. The van der Waals surface area contributed by atoms with Crippen molar-refractivity contribution in [3.05, 3.63) is 0 Å². The fraction of sp³-hybridized carbons (Fsp3) is 0.778. The number of aliphatic hydroxyl groups excluding tert-OH is 5. The van der Waals surface area contributed by atoms with Crippen LogP contribution >= 0.6 is 12.2 Å². The third kappa shape index (κ3) is 10.7. The number of carboxylic acid groups (broad SMARTS) is 1. The van der Waals surface area contributed by atoms with Crippen LogP contribution in [0.2, 0.25) is 0 Å². The molecule has 21 heavy (non-hydrogen) atoms. The molecule has 0 aliphatic carbocycles. The van der Waals surface area contributed by atoms with Crippen LogP contribution in [0.1, 0.15) is 0 Å². The van der Waals surface area contributed by atoms with E-state index >= 15 is 0 Å². The number of hydrogen-bond acceptors (Lipinski definition) is 9. The summed E-state index contributed by atoms with van der Waals surface area (Å²) in [6, 6.07) is 0. The molecule has 0 saturated heterocycles. The van der Waals surface area contributed by atoms with Gasteiger partial charge in [0.25, 0.3) is 0 Å². The van der Waals surface area contributed by atoms with Crippen molar-refractivity contribution in [1.82, 2.24) is 4.90 Å². The number of carbonyl (C=O) groups excluding carboxylic acids is 1. The number of carboxylic acids is 1. The smallest absolute Gasteiger partial charge is 0.548 e. The van der Waals surface area contributed by atoms with Gasteiger partial charge < -0.3 is 65.2 Å². The molecule has 8 nitrogen and oxygen atoms in total. The summed E-state index contributed by atoms with van der Waals surface area (Å²) in [5, 5.41) is 56.6. The van der Waals surface area contributed by atoms with E-state index < -0.39 is 50.1 Å². The number of rotatable bonds is 8. The molecule has 4 atom stereocenters. The Morgan fingerprint density at radius 2 is 1.57 bits per heavy atom. The van der Waals surface area contributed by atoms with Gasteiger partial charge in [-0.05, 0) is 0 Å². The summed E-state index contributed by atoms with van der Waals surface area (Å²) in [6.45, 7) is -1.95. The maximum atomic E-state index is 10.4. The molecule has 0 aliphatic rings. The Kier molecular flexibility index (Phi) is 17.9. The third-order valence-corrected chi connectivity index (χ3v) is 2.83. The Balaban J connectivity index is -0.00000162. The van der Waals surface area contributed by atoms with Crippen molar-refractivity contribution >= 4 is 35.1 Å². The standard InChI is InChI=1S/C9H17NO7S2.2Na/c11-3-5(13)8(17)7(16)4(12)1-10(9(18)19)2-6(14)15;;/h4-5,7-8,11-13,16-17H,1-3H2,(H,14,15)(H,18,19);;/q;2*+1/p-2. The van der Waals surface area contributed by atoms with Crippen LogP contribution < -0.4 is 64.2 Å². The first-order valence-corrected chi connectivity index (χ1v) is 6.01. The second-order valence-corrected chi connectivity index (χ2v) is 4.85. The summed E-state index contributed by atoms with van der Waals surface area (Å²) in [5.74, 6) is -1.48. The van der Waals surface area contributed by atoms with Crippen LogP contribution in [0, 0.1) is 0 Å². The molecule has 0 heterocycles. The van der Waals surface area contributed by atoms with Gasteiger partial charge in [0.1, 0.15) is 18.3 Å².